The van der Waals surface area contributed by atoms with Gasteiger partial charge in [0, 0.05) is 12.0 Å². The van der Waals surface area contributed by atoms with E-state index in [4.69, 9.17) is 14.6 Å². The van der Waals surface area contributed by atoms with E-state index in [2.05, 4.69) is 6.58 Å². The molecule has 0 saturated heterocycles. The molecule has 5 nitrogen and oxygen atoms in total. The molecule has 23 heavy (non-hydrogen) atoms. The third-order valence-corrected chi connectivity index (χ3v) is 3.46. The van der Waals surface area contributed by atoms with E-state index in [0.717, 1.165) is 11.1 Å². The lowest BCUT2D eigenvalue weighted by Crippen LogP contribution is -2.12. The van der Waals surface area contributed by atoms with E-state index in [-0.39, 0.29) is 25.7 Å². The standard InChI is InChI=1S/C18H24O5/c1-4-10-23-17(20)12-13(2)14(3)18(21)15-5-7-16(8-6-15)22-11-9-19/h4-8,12,14,18-19,21H,1,9-11H2,2-3H3/b13-12+/t14-,18+/m0/s1. The van der Waals surface area contributed by atoms with Crippen molar-refractivity contribution >= 4 is 5.97 Å². The number of aliphatic hydroxyl groups excluding tert-OH is 2. The number of esters is 1. The molecular weight excluding hydrogens is 296 g/mol. The van der Waals surface area contributed by atoms with E-state index in [1.807, 2.05) is 6.92 Å². The Balaban J connectivity index is 2.71. The first kappa shape index (κ1) is 18.9. The Morgan fingerprint density at radius 2 is 2.00 bits per heavy atom. The monoisotopic (exact) mass is 320 g/mol. The molecule has 1 aromatic rings. The number of ether oxygens (including phenoxy) is 2. The molecule has 0 fully saturated rings. The van der Waals surface area contributed by atoms with E-state index < -0.39 is 12.1 Å². The Bertz CT molecular complexity index is 533. The van der Waals surface area contributed by atoms with Gasteiger partial charge >= 0.3 is 5.97 Å². The first-order valence-electron chi connectivity index (χ1n) is 7.47. The van der Waals surface area contributed by atoms with Crippen LogP contribution in [0, 0.1) is 5.92 Å². The van der Waals surface area contributed by atoms with Crippen LogP contribution in [-0.4, -0.2) is 36.0 Å². The van der Waals surface area contributed by atoms with Gasteiger partial charge in [-0.25, -0.2) is 4.79 Å². The van der Waals surface area contributed by atoms with E-state index in [9.17, 15) is 9.90 Å². The van der Waals surface area contributed by atoms with Gasteiger partial charge < -0.3 is 19.7 Å². The summed E-state index contributed by atoms with van der Waals surface area (Å²) in [6, 6.07) is 6.99. The van der Waals surface area contributed by atoms with Crippen molar-refractivity contribution in [2.45, 2.75) is 20.0 Å². The Morgan fingerprint density at radius 1 is 1.35 bits per heavy atom. The highest BCUT2D eigenvalue weighted by molar-refractivity contribution is 5.82. The molecule has 0 aliphatic carbocycles. The highest BCUT2D eigenvalue weighted by Gasteiger charge is 2.19. The van der Waals surface area contributed by atoms with Crippen molar-refractivity contribution in [2.75, 3.05) is 19.8 Å². The van der Waals surface area contributed by atoms with Gasteiger partial charge in [-0.3, -0.25) is 0 Å². The molecule has 0 bridgehead atoms. The average molecular weight is 320 g/mol. The van der Waals surface area contributed by atoms with Crippen LogP contribution in [0.2, 0.25) is 0 Å². The molecule has 0 aliphatic heterocycles. The van der Waals surface area contributed by atoms with Gasteiger partial charge in [0.15, 0.2) is 0 Å². The second kappa shape index (κ2) is 9.82. The SMILES string of the molecule is C=CCOC(=O)/C=C(\C)[C@H](C)[C@@H](O)c1ccc(OCCO)cc1. The van der Waals surface area contributed by atoms with Crippen LogP contribution in [-0.2, 0) is 9.53 Å². The van der Waals surface area contributed by atoms with Crippen LogP contribution in [0.3, 0.4) is 0 Å². The van der Waals surface area contributed by atoms with Gasteiger partial charge in [0.2, 0.25) is 0 Å². The zero-order valence-electron chi connectivity index (χ0n) is 13.6. The highest BCUT2D eigenvalue weighted by Crippen LogP contribution is 2.28. The first-order chi connectivity index (χ1) is 11.0. The van der Waals surface area contributed by atoms with Crippen molar-refractivity contribution in [3.63, 3.8) is 0 Å². The molecule has 0 heterocycles. The fourth-order valence-electron chi connectivity index (χ4n) is 1.96. The number of aliphatic hydroxyl groups is 2. The summed E-state index contributed by atoms with van der Waals surface area (Å²) in [5, 5.41) is 19.1. The average Bonchev–Trinajstić information content (AvgIpc) is 2.57. The lowest BCUT2D eigenvalue weighted by molar-refractivity contribution is -0.136. The van der Waals surface area contributed by atoms with Crippen LogP contribution in [0.1, 0.15) is 25.5 Å². The molecule has 0 aliphatic rings. The van der Waals surface area contributed by atoms with Crippen LogP contribution >= 0.6 is 0 Å². The molecule has 0 saturated carbocycles. The number of benzene rings is 1. The minimum absolute atomic E-state index is 0.0483. The molecule has 2 atom stereocenters. The van der Waals surface area contributed by atoms with E-state index in [1.54, 1.807) is 31.2 Å². The lowest BCUT2D eigenvalue weighted by atomic mass is 9.91. The topological polar surface area (TPSA) is 76.0 Å². The molecule has 0 aromatic heterocycles. The molecule has 0 unspecified atom stereocenters. The molecule has 0 radical (unpaired) electrons. The number of carbonyl (C=O) groups excluding carboxylic acids is 1. The predicted molar refractivity (Wildman–Crippen MR) is 88.1 cm³/mol. The minimum Gasteiger partial charge on any atom is -0.491 e. The van der Waals surface area contributed by atoms with Gasteiger partial charge in [-0.05, 0) is 24.6 Å². The number of carbonyl (C=O) groups is 1. The van der Waals surface area contributed by atoms with Gasteiger partial charge in [0.05, 0.1) is 12.7 Å². The Hall–Kier alpha value is -2.11. The summed E-state index contributed by atoms with van der Waals surface area (Å²) in [5.41, 5.74) is 1.45. The molecule has 2 N–H and O–H groups in total. The summed E-state index contributed by atoms with van der Waals surface area (Å²) in [6.07, 6.45) is 2.14. The summed E-state index contributed by atoms with van der Waals surface area (Å²) in [7, 11) is 0. The van der Waals surface area contributed by atoms with E-state index >= 15 is 0 Å². The zero-order valence-corrected chi connectivity index (χ0v) is 13.6. The molecule has 1 aromatic carbocycles. The maximum Gasteiger partial charge on any atom is 0.331 e. The van der Waals surface area contributed by atoms with E-state index in [0.29, 0.717) is 5.75 Å². The smallest absolute Gasteiger partial charge is 0.331 e. The molecule has 5 heteroatoms. The van der Waals surface area contributed by atoms with Crippen molar-refractivity contribution in [1.82, 2.24) is 0 Å². The van der Waals surface area contributed by atoms with Gasteiger partial charge in [0.1, 0.15) is 19.0 Å². The second-order valence-corrected chi connectivity index (χ2v) is 5.18. The summed E-state index contributed by atoms with van der Waals surface area (Å²) in [4.78, 5) is 11.6. The third-order valence-electron chi connectivity index (χ3n) is 3.46. The first-order valence-corrected chi connectivity index (χ1v) is 7.47. The fourth-order valence-corrected chi connectivity index (χ4v) is 1.96. The van der Waals surface area contributed by atoms with Crippen LogP contribution in [0.4, 0.5) is 0 Å². The summed E-state index contributed by atoms with van der Waals surface area (Å²) < 4.78 is 10.2. The third kappa shape index (κ3) is 6.26. The number of hydrogen-bond donors (Lipinski definition) is 2. The van der Waals surface area contributed by atoms with Gasteiger partial charge in [-0.2, -0.15) is 0 Å². The maximum atomic E-state index is 11.6. The zero-order chi connectivity index (χ0) is 17.2. The quantitative estimate of drug-likeness (QED) is 0.415. The van der Waals surface area contributed by atoms with Gasteiger partial charge in [-0.15, -0.1) is 0 Å². The fraction of sp³-hybridized carbons (Fsp3) is 0.389. The molecule has 1 rings (SSSR count). The van der Waals surface area contributed by atoms with E-state index in [1.165, 1.54) is 12.2 Å². The Labute approximate surface area is 136 Å². The van der Waals surface area contributed by atoms with Crippen molar-refractivity contribution in [3.8, 4) is 5.75 Å². The van der Waals surface area contributed by atoms with Crippen LogP contribution in [0.15, 0.2) is 48.6 Å². The number of hydrogen-bond acceptors (Lipinski definition) is 5. The summed E-state index contributed by atoms with van der Waals surface area (Å²) >= 11 is 0. The highest BCUT2D eigenvalue weighted by atomic mass is 16.5. The molecule has 0 spiro atoms. The van der Waals surface area contributed by atoms with Crippen LogP contribution in [0.25, 0.3) is 0 Å². The molecular formula is C18H24O5. The Morgan fingerprint density at radius 3 is 2.57 bits per heavy atom. The van der Waals surface area contributed by atoms with Crippen molar-refractivity contribution in [2.24, 2.45) is 5.92 Å². The summed E-state index contributed by atoms with van der Waals surface area (Å²) in [6.45, 7) is 7.44. The Kier molecular flexibility index (Phi) is 8.08. The van der Waals surface area contributed by atoms with Gasteiger partial charge in [0.25, 0.3) is 0 Å². The normalized spacial score (nSPS) is 14.0. The lowest BCUT2D eigenvalue weighted by Gasteiger charge is -2.20. The molecule has 126 valence electrons. The van der Waals surface area contributed by atoms with Crippen LogP contribution in [0.5, 0.6) is 5.75 Å². The van der Waals surface area contributed by atoms with Crippen molar-refractivity contribution in [3.05, 3.63) is 54.1 Å². The van der Waals surface area contributed by atoms with Crippen molar-refractivity contribution in [1.29, 1.82) is 0 Å². The maximum absolute atomic E-state index is 11.6. The van der Waals surface area contributed by atoms with Crippen molar-refractivity contribution < 1.29 is 24.5 Å². The summed E-state index contributed by atoms with van der Waals surface area (Å²) in [5.74, 6) is -0.0624. The predicted octanol–water partition coefficient (Wildman–Crippen LogP) is 2.40. The minimum atomic E-state index is -0.745. The largest absolute Gasteiger partial charge is 0.491 e. The van der Waals surface area contributed by atoms with Crippen LogP contribution < -0.4 is 4.74 Å². The molecule has 0 amide bonds. The number of rotatable bonds is 9. The second-order valence-electron chi connectivity index (χ2n) is 5.18. The van der Waals surface area contributed by atoms with Gasteiger partial charge in [-0.1, -0.05) is 37.3 Å².